The smallest absolute Gasteiger partial charge is 0.244 e. The number of carbonyl (C=O) groups is 1. The van der Waals surface area contributed by atoms with Gasteiger partial charge in [0.05, 0.1) is 5.52 Å². The maximum absolute atomic E-state index is 13.5. The lowest BCUT2D eigenvalue weighted by molar-refractivity contribution is -0.116. The minimum Gasteiger partial charge on any atom is -0.352 e. The van der Waals surface area contributed by atoms with Crippen molar-refractivity contribution in [1.29, 1.82) is 0 Å². The molecule has 1 saturated heterocycles. The molecule has 3 aromatic rings. The third-order valence-corrected chi connectivity index (χ3v) is 8.15. The summed E-state index contributed by atoms with van der Waals surface area (Å²) < 4.78 is 13.5. The molecule has 2 N–H and O–H groups in total. The topological polar surface area (TPSA) is 61.0 Å². The van der Waals surface area contributed by atoms with E-state index in [0.717, 1.165) is 55.7 Å². The Morgan fingerprint density at radius 1 is 1.11 bits per heavy atom. The van der Waals surface area contributed by atoms with Crippen molar-refractivity contribution in [2.75, 3.05) is 26.2 Å². The first-order valence-electron chi connectivity index (χ1n) is 13.1. The van der Waals surface area contributed by atoms with E-state index in [9.17, 15) is 9.18 Å². The van der Waals surface area contributed by atoms with Crippen LogP contribution in [0, 0.1) is 17.7 Å². The van der Waals surface area contributed by atoms with Crippen LogP contribution in [0.4, 0.5) is 4.39 Å². The van der Waals surface area contributed by atoms with Crippen LogP contribution in [-0.4, -0.2) is 47.2 Å². The molecule has 1 saturated carbocycles. The van der Waals surface area contributed by atoms with Crippen LogP contribution in [-0.2, 0) is 4.79 Å². The average molecular weight is 509 g/mol. The second kappa shape index (κ2) is 11.6. The molecule has 2 fully saturated rings. The van der Waals surface area contributed by atoms with Gasteiger partial charge in [-0.1, -0.05) is 36.6 Å². The van der Waals surface area contributed by atoms with Gasteiger partial charge in [0.15, 0.2) is 0 Å². The molecule has 0 bridgehead atoms. The first-order chi connectivity index (χ1) is 17.5. The number of hydrogen-bond acceptors (Lipinski definition) is 3. The fraction of sp³-hybridized carbons (Fsp3) is 0.448. The molecule has 5 rings (SSSR count). The number of benzene rings is 2. The molecular formula is C29H34ClFN4O. The van der Waals surface area contributed by atoms with Gasteiger partial charge >= 0.3 is 0 Å². The Labute approximate surface area is 217 Å². The molecule has 1 aliphatic carbocycles. The zero-order chi connectivity index (χ0) is 24.9. The van der Waals surface area contributed by atoms with E-state index in [4.69, 9.17) is 11.6 Å². The molecule has 1 aliphatic heterocycles. The van der Waals surface area contributed by atoms with Gasteiger partial charge in [-0.15, -0.1) is 0 Å². The summed E-state index contributed by atoms with van der Waals surface area (Å²) in [6, 6.07) is 12.4. The van der Waals surface area contributed by atoms with E-state index in [1.54, 1.807) is 6.08 Å². The Morgan fingerprint density at radius 2 is 1.92 bits per heavy atom. The highest BCUT2D eigenvalue weighted by Crippen LogP contribution is 2.34. The predicted octanol–water partition coefficient (Wildman–Crippen LogP) is 6.17. The minimum atomic E-state index is -0.245. The third kappa shape index (κ3) is 6.16. The van der Waals surface area contributed by atoms with E-state index >= 15 is 0 Å². The van der Waals surface area contributed by atoms with Crippen molar-refractivity contribution < 1.29 is 9.18 Å². The molecule has 2 heterocycles. The fourth-order valence-corrected chi connectivity index (χ4v) is 6.12. The SMILES string of the molecule is O=C(C=Cc1cccc(Cl)c1)NC[C@@H]1CCCC[C@H]1CN1CCC(c2[nH]nc3cc(F)ccc23)CC1. The maximum Gasteiger partial charge on any atom is 0.244 e. The van der Waals surface area contributed by atoms with Gasteiger partial charge in [0.25, 0.3) is 0 Å². The lowest BCUT2D eigenvalue weighted by Crippen LogP contribution is -2.42. The number of rotatable bonds is 7. The van der Waals surface area contributed by atoms with Gasteiger partial charge in [-0.3, -0.25) is 9.89 Å². The number of carbonyl (C=O) groups excluding carboxylic acids is 1. The van der Waals surface area contributed by atoms with Crippen LogP contribution in [0.5, 0.6) is 0 Å². The van der Waals surface area contributed by atoms with Gasteiger partial charge in [-0.2, -0.15) is 5.10 Å². The summed E-state index contributed by atoms with van der Waals surface area (Å²) in [5, 5.41) is 12.3. The van der Waals surface area contributed by atoms with Crippen LogP contribution >= 0.6 is 11.6 Å². The number of amides is 1. The number of piperidine rings is 1. The van der Waals surface area contributed by atoms with Crippen molar-refractivity contribution in [3.8, 4) is 0 Å². The molecule has 5 nitrogen and oxygen atoms in total. The van der Waals surface area contributed by atoms with E-state index < -0.39 is 0 Å². The summed E-state index contributed by atoms with van der Waals surface area (Å²) in [5.41, 5.74) is 2.78. The Hall–Kier alpha value is -2.70. The number of nitrogens with zero attached hydrogens (tertiary/aromatic N) is 2. The standard InChI is InChI=1S/C29H34ClFN4O/c30-24-7-3-4-20(16-24)8-11-28(36)32-18-22-5-1-2-6-23(22)19-35-14-12-21(13-15-35)29-26-10-9-25(31)17-27(26)33-34-29/h3-4,7-11,16-17,21-23H,1-2,5-6,12-15,18-19H2,(H,32,36)(H,33,34)/t22-,23-/m0/s1. The van der Waals surface area contributed by atoms with Crippen molar-refractivity contribution in [1.82, 2.24) is 20.4 Å². The molecule has 0 unspecified atom stereocenters. The molecule has 1 aromatic heterocycles. The highest BCUT2D eigenvalue weighted by Gasteiger charge is 2.30. The quantitative estimate of drug-likeness (QED) is 0.375. The van der Waals surface area contributed by atoms with Gasteiger partial charge in [0, 0.05) is 47.3 Å². The number of H-pyrrole nitrogens is 1. The zero-order valence-electron chi connectivity index (χ0n) is 20.6. The van der Waals surface area contributed by atoms with E-state index in [-0.39, 0.29) is 11.7 Å². The predicted molar refractivity (Wildman–Crippen MR) is 143 cm³/mol. The summed E-state index contributed by atoms with van der Waals surface area (Å²) in [5.74, 6) is 1.27. The van der Waals surface area contributed by atoms with Crippen molar-refractivity contribution >= 4 is 34.5 Å². The van der Waals surface area contributed by atoms with Crippen LogP contribution in [0.25, 0.3) is 17.0 Å². The summed E-state index contributed by atoms with van der Waals surface area (Å²) in [4.78, 5) is 15.0. The average Bonchev–Trinajstić information content (AvgIpc) is 3.30. The van der Waals surface area contributed by atoms with Crippen LogP contribution in [0.1, 0.15) is 55.7 Å². The van der Waals surface area contributed by atoms with Crippen LogP contribution in [0.15, 0.2) is 48.5 Å². The number of halogens is 2. The zero-order valence-corrected chi connectivity index (χ0v) is 21.3. The monoisotopic (exact) mass is 508 g/mol. The van der Waals surface area contributed by atoms with E-state index in [1.807, 2.05) is 36.4 Å². The molecule has 0 spiro atoms. The number of hydrogen-bond donors (Lipinski definition) is 2. The first-order valence-corrected chi connectivity index (χ1v) is 13.5. The van der Waals surface area contributed by atoms with Crippen molar-refractivity contribution in [3.63, 3.8) is 0 Å². The molecular weight excluding hydrogens is 475 g/mol. The second-order valence-corrected chi connectivity index (χ2v) is 10.7. The number of likely N-dealkylation sites (tertiary alicyclic amines) is 1. The molecule has 1 amide bonds. The maximum atomic E-state index is 13.5. The molecule has 36 heavy (non-hydrogen) atoms. The van der Waals surface area contributed by atoms with Crippen molar-refractivity contribution in [2.45, 2.75) is 44.4 Å². The fourth-order valence-electron chi connectivity index (χ4n) is 5.92. The van der Waals surface area contributed by atoms with Crippen molar-refractivity contribution in [3.05, 3.63) is 70.6 Å². The summed E-state index contributed by atoms with van der Waals surface area (Å²) >= 11 is 6.03. The van der Waals surface area contributed by atoms with E-state index in [2.05, 4.69) is 20.4 Å². The highest BCUT2D eigenvalue weighted by atomic mass is 35.5. The van der Waals surface area contributed by atoms with Gasteiger partial charge in [-0.25, -0.2) is 4.39 Å². The Bertz CT molecular complexity index is 1220. The molecule has 2 aromatic carbocycles. The van der Waals surface area contributed by atoms with Crippen molar-refractivity contribution in [2.24, 2.45) is 11.8 Å². The summed E-state index contributed by atoms with van der Waals surface area (Å²) in [6.45, 7) is 3.95. The molecule has 2 aliphatic rings. The largest absolute Gasteiger partial charge is 0.352 e. The number of aromatic nitrogens is 2. The van der Waals surface area contributed by atoms with Gasteiger partial charge in [0.1, 0.15) is 5.82 Å². The Balaban J connectivity index is 1.11. The Kier molecular flexibility index (Phi) is 8.02. The summed E-state index contributed by atoms with van der Waals surface area (Å²) in [6.07, 6.45) is 10.5. The van der Waals surface area contributed by atoms with Crippen LogP contribution < -0.4 is 5.32 Å². The lowest BCUT2D eigenvalue weighted by atomic mass is 9.78. The van der Waals surface area contributed by atoms with E-state index in [1.165, 1.54) is 37.8 Å². The number of fused-ring (bicyclic) bond motifs is 1. The highest BCUT2D eigenvalue weighted by molar-refractivity contribution is 6.30. The van der Waals surface area contributed by atoms with Gasteiger partial charge < -0.3 is 10.2 Å². The van der Waals surface area contributed by atoms with Crippen LogP contribution in [0.2, 0.25) is 5.02 Å². The lowest BCUT2D eigenvalue weighted by Gasteiger charge is -2.38. The third-order valence-electron chi connectivity index (χ3n) is 7.92. The Morgan fingerprint density at radius 3 is 2.72 bits per heavy atom. The molecule has 7 heteroatoms. The minimum absolute atomic E-state index is 0.0493. The number of aromatic amines is 1. The molecule has 190 valence electrons. The molecule has 0 radical (unpaired) electrons. The summed E-state index contributed by atoms with van der Waals surface area (Å²) in [7, 11) is 0. The second-order valence-electron chi connectivity index (χ2n) is 10.3. The van der Waals surface area contributed by atoms with Gasteiger partial charge in [-0.05, 0) is 86.5 Å². The van der Waals surface area contributed by atoms with E-state index in [0.29, 0.717) is 28.3 Å². The molecule has 2 atom stereocenters. The van der Waals surface area contributed by atoms with Crippen LogP contribution in [0.3, 0.4) is 0 Å². The van der Waals surface area contributed by atoms with Gasteiger partial charge in [0.2, 0.25) is 5.91 Å². The normalized spacial score (nSPS) is 21.8. The first kappa shape index (κ1) is 25.0. The number of nitrogens with one attached hydrogen (secondary N) is 2.